The van der Waals surface area contributed by atoms with E-state index in [1.54, 1.807) is 6.33 Å². The molecule has 7 nitrogen and oxygen atoms in total. The molecule has 1 fully saturated rings. The maximum atomic E-state index is 12.2. The van der Waals surface area contributed by atoms with E-state index in [9.17, 15) is 4.79 Å². The summed E-state index contributed by atoms with van der Waals surface area (Å²) in [6, 6.07) is 15.8. The van der Waals surface area contributed by atoms with Crippen molar-refractivity contribution in [1.82, 2.24) is 24.6 Å². The summed E-state index contributed by atoms with van der Waals surface area (Å²) in [6.45, 7) is 7.01. The molecule has 0 unspecified atom stereocenters. The third-order valence-electron chi connectivity index (χ3n) is 6.03. The number of nitrogens with zero attached hydrogens (tertiary/aromatic N) is 5. The number of rotatable bonds is 5. The predicted octanol–water partition coefficient (Wildman–Crippen LogP) is 4.94. The molecule has 0 aliphatic carbocycles. The lowest BCUT2D eigenvalue weighted by Crippen LogP contribution is -2.40. The van der Waals surface area contributed by atoms with E-state index in [-0.39, 0.29) is 11.9 Å². The number of fused-ring (bicyclic) bond motifs is 1. The number of carbonyl (C=O) groups excluding carboxylic acids is 1. The maximum Gasteiger partial charge on any atom is 0.246 e. The lowest BCUT2D eigenvalue weighted by molar-refractivity contribution is -0.127. The summed E-state index contributed by atoms with van der Waals surface area (Å²) in [4.78, 5) is 22.8. The molecule has 4 aromatic rings. The van der Waals surface area contributed by atoms with Crippen LogP contribution in [0.15, 0.2) is 73.7 Å². The van der Waals surface area contributed by atoms with Crippen LogP contribution >= 0.6 is 0 Å². The number of ether oxygens (including phenoxy) is 1. The second-order valence-electron chi connectivity index (χ2n) is 8.23. The molecule has 0 bridgehead atoms. The zero-order valence-electron chi connectivity index (χ0n) is 18.5. The third-order valence-corrected chi connectivity index (χ3v) is 6.03. The molecule has 5 rings (SSSR count). The van der Waals surface area contributed by atoms with Crippen LogP contribution in [0.25, 0.3) is 22.3 Å². The van der Waals surface area contributed by atoms with Crippen LogP contribution in [-0.2, 0) is 4.79 Å². The van der Waals surface area contributed by atoms with Crippen LogP contribution in [0.2, 0.25) is 0 Å². The molecule has 1 aliphatic heterocycles. The smallest absolute Gasteiger partial charge is 0.246 e. The van der Waals surface area contributed by atoms with Gasteiger partial charge in [-0.05, 0) is 61.7 Å². The van der Waals surface area contributed by atoms with Crippen LogP contribution in [0.1, 0.15) is 24.4 Å². The summed E-state index contributed by atoms with van der Waals surface area (Å²) < 4.78 is 7.95. The first-order valence-electron chi connectivity index (χ1n) is 11.1. The maximum absolute atomic E-state index is 12.2. The van der Waals surface area contributed by atoms with E-state index >= 15 is 0 Å². The fourth-order valence-electron chi connectivity index (χ4n) is 4.41. The molecule has 1 saturated heterocycles. The van der Waals surface area contributed by atoms with Crippen molar-refractivity contribution in [3.05, 3.63) is 79.3 Å². The standard InChI is InChI=1S/C26H25N5O2/c1-3-24(32)30-13-7-8-19(16-30)31-26-23(15-27-17-28-26)25(29-31)22-12-11-21(14-18(22)2)33-20-9-5-4-6-10-20/h3-6,9-12,14-15,17,19H,1,7-8,13,16H2,2H3/t19-/m1/s1. The van der Waals surface area contributed by atoms with E-state index < -0.39 is 0 Å². The number of amides is 1. The summed E-state index contributed by atoms with van der Waals surface area (Å²) >= 11 is 0. The fraction of sp³-hybridized carbons (Fsp3) is 0.231. The molecule has 2 aromatic heterocycles. The summed E-state index contributed by atoms with van der Waals surface area (Å²) in [6.07, 6.45) is 6.58. The molecule has 3 heterocycles. The zero-order chi connectivity index (χ0) is 22.8. The molecule has 0 saturated carbocycles. The van der Waals surface area contributed by atoms with Crippen molar-refractivity contribution in [2.45, 2.75) is 25.8 Å². The molecule has 0 radical (unpaired) electrons. The number of likely N-dealkylation sites (tertiary alicyclic amines) is 1. The van der Waals surface area contributed by atoms with Crippen molar-refractivity contribution in [3.8, 4) is 22.8 Å². The lowest BCUT2D eigenvalue weighted by atomic mass is 10.0. The Morgan fingerprint density at radius 1 is 1.18 bits per heavy atom. The van der Waals surface area contributed by atoms with Gasteiger partial charge < -0.3 is 9.64 Å². The second-order valence-corrected chi connectivity index (χ2v) is 8.23. The number of carbonyl (C=O) groups is 1. The van der Waals surface area contributed by atoms with E-state index in [1.807, 2.05) is 71.2 Å². The lowest BCUT2D eigenvalue weighted by Gasteiger charge is -2.32. The molecular weight excluding hydrogens is 414 g/mol. The molecule has 7 heteroatoms. The van der Waals surface area contributed by atoms with Crippen molar-refractivity contribution in [2.75, 3.05) is 13.1 Å². The van der Waals surface area contributed by atoms with Gasteiger partial charge in [0.15, 0.2) is 5.65 Å². The van der Waals surface area contributed by atoms with E-state index in [4.69, 9.17) is 9.84 Å². The average molecular weight is 440 g/mol. The van der Waals surface area contributed by atoms with Crippen LogP contribution in [0.5, 0.6) is 11.5 Å². The number of piperidine rings is 1. The predicted molar refractivity (Wildman–Crippen MR) is 127 cm³/mol. The van der Waals surface area contributed by atoms with Crippen molar-refractivity contribution >= 4 is 16.9 Å². The molecule has 1 aliphatic rings. The quantitative estimate of drug-likeness (QED) is 0.412. The van der Waals surface area contributed by atoms with Crippen molar-refractivity contribution in [1.29, 1.82) is 0 Å². The first-order chi connectivity index (χ1) is 16.1. The number of benzene rings is 2. The molecule has 33 heavy (non-hydrogen) atoms. The SMILES string of the molecule is C=CC(=O)N1CCC[C@@H](n2nc(-c3ccc(Oc4ccccc4)cc3C)c3cncnc32)C1. The van der Waals surface area contributed by atoms with Gasteiger partial charge in [-0.1, -0.05) is 24.8 Å². The van der Waals surface area contributed by atoms with Gasteiger partial charge in [-0.15, -0.1) is 0 Å². The second kappa shape index (κ2) is 8.86. The highest BCUT2D eigenvalue weighted by atomic mass is 16.5. The Morgan fingerprint density at radius 2 is 2.03 bits per heavy atom. The van der Waals surface area contributed by atoms with Gasteiger partial charge in [0.2, 0.25) is 5.91 Å². The van der Waals surface area contributed by atoms with E-state index in [1.165, 1.54) is 6.08 Å². The van der Waals surface area contributed by atoms with Gasteiger partial charge in [-0.25, -0.2) is 14.6 Å². The van der Waals surface area contributed by atoms with E-state index in [2.05, 4.69) is 16.5 Å². The Balaban J connectivity index is 1.50. The number of hydrogen-bond acceptors (Lipinski definition) is 5. The summed E-state index contributed by atoms with van der Waals surface area (Å²) in [5.41, 5.74) is 3.66. The fourth-order valence-corrected chi connectivity index (χ4v) is 4.41. The van der Waals surface area contributed by atoms with Crippen LogP contribution in [0.4, 0.5) is 0 Å². The minimum Gasteiger partial charge on any atom is -0.457 e. The Labute approximate surface area is 192 Å². The molecule has 1 amide bonds. The van der Waals surface area contributed by atoms with Crippen LogP contribution in [0.3, 0.4) is 0 Å². The number of aromatic nitrogens is 4. The van der Waals surface area contributed by atoms with Gasteiger partial charge in [0, 0.05) is 24.8 Å². The van der Waals surface area contributed by atoms with E-state index in [0.29, 0.717) is 6.54 Å². The number of aryl methyl sites for hydroxylation is 1. The molecular formula is C26H25N5O2. The monoisotopic (exact) mass is 439 g/mol. The van der Waals surface area contributed by atoms with E-state index in [0.717, 1.165) is 58.7 Å². The Kier molecular flexibility index (Phi) is 5.60. The van der Waals surface area contributed by atoms with Crippen molar-refractivity contribution < 1.29 is 9.53 Å². The van der Waals surface area contributed by atoms with Crippen molar-refractivity contribution in [2.24, 2.45) is 0 Å². The summed E-state index contributed by atoms with van der Waals surface area (Å²) in [7, 11) is 0. The Hall–Kier alpha value is -4.00. The van der Waals surface area contributed by atoms with Crippen LogP contribution in [0, 0.1) is 6.92 Å². The highest BCUT2D eigenvalue weighted by Gasteiger charge is 2.27. The Bertz CT molecular complexity index is 1320. The van der Waals surface area contributed by atoms with Crippen molar-refractivity contribution in [3.63, 3.8) is 0 Å². The Morgan fingerprint density at radius 3 is 2.82 bits per heavy atom. The van der Waals surface area contributed by atoms with Crippen LogP contribution < -0.4 is 4.74 Å². The minimum absolute atomic E-state index is 0.0455. The first kappa shape index (κ1) is 20.9. The topological polar surface area (TPSA) is 73.1 Å². The molecule has 1 atom stereocenters. The van der Waals surface area contributed by atoms with Gasteiger partial charge >= 0.3 is 0 Å². The minimum atomic E-state index is -0.0455. The third kappa shape index (κ3) is 4.09. The van der Waals surface area contributed by atoms with Gasteiger partial charge in [0.05, 0.1) is 11.4 Å². The van der Waals surface area contributed by atoms with Gasteiger partial charge in [-0.2, -0.15) is 5.10 Å². The number of hydrogen-bond donors (Lipinski definition) is 0. The summed E-state index contributed by atoms with van der Waals surface area (Å²) in [5.74, 6) is 1.52. The van der Waals surface area contributed by atoms with Crippen LogP contribution in [-0.4, -0.2) is 43.6 Å². The largest absolute Gasteiger partial charge is 0.457 e. The highest BCUT2D eigenvalue weighted by molar-refractivity contribution is 5.91. The molecule has 2 aromatic carbocycles. The summed E-state index contributed by atoms with van der Waals surface area (Å²) in [5, 5.41) is 5.88. The average Bonchev–Trinajstić information content (AvgIpc) is 3.24. The van der Waals surface area contributed by atoms with Gasteiger partial charge in [0.25, 0.3) is 0 Å². The molecule has 166 valence electrons. The number of para-hydroxylation sites is 1. The molecule has 0 spiro atoms. The normalized spacial score (nSPS) is 16.0. The van der Waals surface area contributed by atoms with Gasteiger partial charge in [0.1, 0.15) is 23.5 Å². The highest BCUT2D eigenvalue weighted by Crippen LogP contribution is 2.34. The molecule has 0 N–H and O–H groups in total. The zero-order valence-corrected chi connectivity index (χ0v) is 18.5. The first-order valence-corrected chi connectivity index (χ1v) is 11.1. The van der Waals surface area contributed by atoms with Gasteiger partial charge in [-0.3, -0.25) is 4.79 Å².